The van der Waals surface area contributed by atoms with Gasteiger partial charge in [-0.1, -0.05) is 43.3 Å². The molecule has 1 rings (SSSR count). The third kappa shape index (κ3) is 4.83. The fourth-order valence-electron chi connectivity index (χ4n) is 1.85. The van der Waals surface area contributed by atoms with Gasteiger partial charge in [0.15, 0.2) is 0 Å². The second kappa shape index (κ2) is 6.86. The summed E-state index contributed by atoms with van der Waals surface area (Å²) in [6.07, 6.45) is 1.74. The molecule has 3 nitrogen and oxygen atoms in total. The molecule has 0 bridgehead atoms. The zero-order valence-electron chi connectivity index (χ0n) is 10.2. The van der Waals surface area contributed by atoms with E-state index in [4.69, 9.17) is 5.11 Å². The third-order valence-corrected chi connectivity index (χ3v) is 2.65. The highest BCUT2D eigenvalue weighted by molar-refractivity contribution is 5.69. The molecule has 92 valence electrons. The zero-order chi connectivity index (χ0) is 12.7. The molecule has 3 heteroatoms. The van der Waals surface area contributed by atoms with Crippen molar-refractivity contribution in [3.8, 4) is 0 Å². The highest BCUT2D eigenvalue weighted by Crippen LogP contribution is 2.15. The van der Waals surface area contributed by atoms with Crippen molar-refractivity contribution in [1.82, 2.24) is 4.90 Å². The number of benzene rings is 1. The van der Waals surface area contributed by atoms with Crippen LogP contribution in [0.3, 0.4) is 0 Å². The monoisotopic (exact) mass is 233 g/mol. The minimum Gasteiger partial charge on any atom is -0.480 e. The van der Waals surface area contributed by atoms with Crippen molar-refractivity contribution in [1.29, 1.82) is 0 Å². The largest absolute Gasteiger partial charge is 0.480 e. The van der Waals surface area contributed by atoms with Crippen LogP contribution in [0.2, 0.25) is 0 Å². The first-order valence-corrected chi connectivity index (χ1v) is 5.73. The highest BCUT2D eigenvalue weighted by atomic mass is 16.4. The standard InChI is InChI=1S/C14H19NO2/c1-3-9-15(11-14(16)17)10-12(2)13-7-5-4-6-8-13/h3-8,12H,1,9-11H2,2H3,(H,16,17). The van der Waals surface area contributed by atoms with Gasteiger partial charge in [0.25, 0.3) is 0 Å². The van der Waals surface area contributed by atoms with E-state index in [1.54, 1.807) is 6.08 Å². The van der Waals surface area contributed by atoms with Gasteiger partial charge in [-0.3, -0.25) is 9.69 Å². The molecule has 0 aliphatic heterocycles. The Hall–Kier alpha value is -1.61. The molecule has 0 saturated carbocycles. The van der Waals surface area contributed by atoms with E-state index in [2.05, 4.69) is 25.6 Å². The van der Waals surface area contributed by atoms with E-state index in [9.17, 15) is 4.79 Å². The molecular weight excluding hydrogens is 214 g/mol. The normalized spacial score (nSPS) is 12.4. The van der Waals surface area contributed by atoms with E-state index in [1.807, 2.05) is 23.1 Å². The van der Waals surface area contributed by atoms with Gasteiger partial charge in [0.05, 0.1) is 6.54 Å². The van der Waals surface area contributed by atoms with E-state index >= 15 is 0 Å². The summed E-state index contributed by atoms with van der Waals surface area (Å²) < 4.78 is 0. The first-order chi connectivity index (χ1) is 8.13. The summed E-state index contributed by atoms with van der Waals surface area (Å²) in [5, 5.41) is 8.82. The van der Waals surface area contributed by atoms with E-state index in [0.29, 0.717) is 12.5 Å². The minimum atomic E-state index is -0.799. The number of carboxylic acids is 1. The lowest BCUT2D eigenvalue weighted by Crippen LogP contribution is -2.33. The average molecular weight is 233 g/mol. The molecule has 1 atom stereocenters. The van der Waals surface area contributed by atoms with Gasteiger partial charge in [0.1, 0.15) is 0 Å². The molecule has 0 spiro atoms. The molecule has 0 heterocycles. The summed E-state index contributed by atoms with van der Waals surface area (Å²) in [4.78, 5) is 12.6. The molecule has 0 radical (unpaired) electrons. The first kappa shape index (κ1) is 13.5. The average Bonchev–Trinajstić information content (AvgIpc) is 2.29. The molecule has 0 aromatic heterocycles. The Morgan fingerprint density at radius 3 is 2.65 bits per heavy atom. The molecule has 0 fully saturated rings. The van der Waals surface area contributed by atoms with Crippen molar-refractivity contribution in [2.24, 2.45) is 0 Å². The quantitative estimate of drug-likeness (QED) is 0.735. The summed E-state index contributed by atoms with van der Waals surface area (Å²) in [7, 11) is 0. The lowest BCUT2D eigenvalue weighted by Gasteiger charge is -2.22. The number of rotatable bonds is 7. The van der Waals surface area contributed by atoms with Gasteiger partial charge < -0.3 is 5.11 Å². The smallest absolute Gasteiger partial charge is 0.317 e. The van der Waals surface area contributed by atoms with Crippen LogP contribution in [0.4, 0.5) is 0 Å². The Bertz CT molecular complexity index is 362. The van der Waals surface area contributed by atoms with Gasteiger partial charge >= 0.3 is 5.97 Å². The van der Waals surface area contributed by atoms with Gasteiger partial charge in [-0.2, -0.15) is 0 Å². The van der Waals surface area contributed by atoms with Crippen molar-refractivity contribution >= 4 is 5.97 Å². The molecule has 1 unspecified atom stereocenters. The number of carboxylic acid groups (broad SMARTS) is 1. The van der Waals surface area contributed by atoms with Crippen LogP contribution in [-0.2, 0) is 4.79 Å². The Morgan fingerprint density at radius 2 is 2.12 bits per heavy atom. The molecule has 0 saturated heterocycles. The van der Waals surface area contributed by atoms with Crippen molar-refractivity contribution in [2.45, 2.75) is 12.8 Å². The van der Waals surface area contributed by atoms with Gasteiger partial charge in [0, 0.05) is 13.1 Å². The molecule has 0 aliphatic carbocycles. The second-order valence-electron chi connectivity index (χ2n) is 4.19. The maximum atomic E-state index is 10.7. The van der Waals surface area contributed by atoms with Gasteiger partial charge in [-0.05, 0) is 11.5 Å². The van der Waals surface area contributed by atoms with Crippen LogP contribution in [0.15, 0.2) is 43.0 Å². The Morgan fingerprint density at radius 1 is 1.47 bits per heavy atom. The molecule has 17 heavy (non-hydrogen) atoms. The molecule has 1 aromatic carbocycles. The van der Waals surface area contributed by atoms with Crippen LogP contribution in [0.25, 0.3) is 0 Å². The number of nitrogens with zero attached hydrogens (tertiary/aromatic N) is 1. The first-order valence-electron chi connectivity index (χ1n) is 5.73. The molecule has 1 aromatic rings. The van der Waals surface area contributed by atoms with Crippen molar-refractivity contribution < 1.29 is 9.90 Å². The minimum absolute atomic E-state index is 0.0587. The van der Waals surface area contributed by atoms with Gasteiger partial charge in [-0.25, -0.2) is 0 Å². The van der Waals surface area contributed by atoms with E-state index in [1.165, 1.54) is 5.56 Å². The molecule has 0 amide bonds. The van der Waals surface area contributed by atoms with Crippen molar-refractivity contribution in [2.75, 3.05) is 19.6 Å². The maximum Gasteiger partial charge on any atom is 0.317 e. The van der Waals surface area contributed by atoms with Crippen LogP contribution in [0.1, 0.15) is 18.4 Å². The van der Waals surface area contributed by atoms with Crippen molar-refractivity contribution in [3.05, 3.63) is 48.6 Å². The van der Waals surface area contributed by atoms with E-state index in [-0.39, 0.29) is 6.54 Å². The van der Waals surface area contributed by atoms with E-state index < -0.39 is 5.97 Å². The number of hydrogen-bond acceptors (Lipinski definition) is 2. The van der Waals surface area contributed by atoms with Crippen LogP contribution in [-0.4, -0.2) is 35.6 Å². The van der Waals surface area contributed by atoms with Crippen LogP contribution < -0.4 is 0 Å². The number of hydrogen-bond donors (Lipinski definition) is 1. The lowest BCUT2D eigenvalue weighted by molar-refractivity contribution is -0.138. The Balaban J connectivity index is 2.60. The predicted molar refractivity (Wildman–Crippen MR) is 69.1 cm³/mol. The number of aliphatic carboxylic acids is 1. The van der Waals surface area contributed by atoms with Crippen LogP contribution in [0, 0.1) is 0 Å². The third-order valence-electron chi connectivity index (χ3n) is 2.65. The summed E-state index contributed by atoms with van der Waals surface area (Å²) in [6, 6.07) is 10.1. The van der Waals surface area contributed by atoms with E-state index in [0.717, 1.165) is 6.54 Å². The fourth-order valence-corrected chi connectivity index (χ4v) is 1.85. The van der Waals surface area contributed by atoms with Gasteiger partial charge in [-0.15, -0.1) is 6.58 Å². The van der Waals surface area contributed by atoms with Crippen LogP contribution in [0.5, 0.6) is 0 Å². The summed E-state index contributed by atoms with van der Waals surface area (Å²) >= 11 is 0. The second-order valence-corrected chi connectivity index (χ2v) is 4.19. The molecule has 1 N–H and O–H groups in total. The molecule has 0 aliphatic rings. The molecular formula is C14H19NO2. The lowest BCUT2D eigenvalue weighted by atomic mass is 10.0. The van der Waals surface area contributed by atoms with Crippen LogP contribution >= 0.6 is 0 Å². The summed E-state index contributed by atoms with van der Waals surface area (Å²) in [6.45, 7) is 7.14. The zero-order valence-corrected chi connectivity index (χ0v) is 10.2. The number of carbonyl (C=O) groups is 1. The summed E-state index contributed by atoms with van der Waals surface area (Å²) in [5.41, 5.74) is 1.23. The maximum absolute atomic E-state index is 10.7. The van der Waals surface area contributed by atoms with Crippen molar-refractivity contribution in [3.63, 3.8) is 0 Å². The van der Waals surface area contributed by atoms with Gasteiger partial charge in [0.2, 0.25) is 0 Å². The predicted octanol–water partition coefficient (Wildman–Crippen LogP) is 2.36. The highest BCUT2D eigenvalue weighted by Gasteiger charge is 2.13. The SMILES string of the molecule is C=CCN(CC(=O)O)CC(C)c1ccccc1. The topological polar surface area (TPSA) is 40.5 Å². The Labute approximate surface area is 102 Å². The Kier molecular flexibility index (Phi) is 5.43. The summed E-state index contributed by atoms with van der Waals surface area (Å²) in [5.74, 6) is -0.484. The fraction of sp³-hybridized carbons (Fsp3) is 0.357.